The number of rotatable bonds is 3. The lowest BCUT2D eigenvalue weighted by atomic mass is 10.1. The molecule has 0 saturated carbocycles. The number of nitrogens with two attached hydrogens (primary N) is 1. The molecule has 3 N–H and O–H groups in total. The van der Waals surface area contributed by atoms with Gasteiger partial charge in [0.1, 0.15) is 16.1 Å². The van der Waals surface area contributed by atoms with Crippen molar-refractivity contribution in [2.24, 2.45) is 0 Å². The Labute approximate surface area is 127 Å². The van der Waals surface area contributed by atoms with Crippen LogP contribution in [-0.4, -0.2) is 31.3 Å². The molecule has 0 aliphatic heterocycles. The number of benzene rings is 1. The summed E-state index contributed by atoms with van der Waals surface area (Å²) in [6, 6.07) is 5.92. The molecule has 0 fully saturated rings. The van der Waals surface area contributed by atoms with Crippen LogP contribution >= 0.6 is 15.9 Å². The highest BCUT2D eigenvalue weighted by Gasteiger charge is 2.16. The molecule has 108 valence electrons. The van der Waals surface area contributed by atoms with Crippen LogP contribution < -0.4 is 5.73 Å². The van der Waals surface area contributed by atoms with Gasteiger partial charge in [-0.15, -0.1) is 5.10 Å². The van der Waals surface area contributed by atoms with Crippen molar-refractivity contribution in [1.29, 1.82) is 0 Å². The largest absolute Gasteiger partial charge is 0.396 e. The van der Waals surface area contributed by atoms with E-state index < -0.39 is 0 Å². The fraction of sp³-hybridized carbons (Fsp3) is 0.154. The van der Waals surface area contributed by atoms with Crippen LogP contribution in [0.1, 0.15) is 5.82 Å². The van der Waals surface area contributed by atoms with E-state index in [-0.39, 0.29) is 18.2 Å². The Morgan fingerprint density at radius 1 is 1.24 bits per heavy atom. The molecule has 0 atom stereocenters. The van der Waals surface area contributed by atoms with Crippen molar-refractivity contribution in [2.45, 2.75) is 6.42 Å². The number of hydrogen-bond acceptors (Lipinski definition) is 5. The summed E-state index contributed by atoms with van der Waals surface area (Å²) in [6.07, 6.45) is 0.333. The fourth-order valence-corrected chi connectivity index (χ4v) is 2.54. The first-order chi connectivity index (χ1) is 10.1. The van der Waals surface area contributed by atoms with Crippen molar-refractivity contribution in [2.75, 3.05) is 12.3 Å². The minimum atomic E-state index is -0.324. The summed E-state index contributed by atoms with van der Waals surface area (Å²) in [5.41, 5.74) is 7.57. The van der Waals surface area contributed by atoms with Crippen LogP contribution in [0.2, 0.25) is 0 Å². The minimum absolute atomic E-state index is 0.0490. The Hall–Kier alpha value is -2.06. The predicted molar refractivity (Wildman–Crippen MR) is 79.1 cm³/mol. The molecule has 0 saturated heterocycles. The van der Waals surface area contributed by atoms with Gasteiger partial charge in [-0.2, -0.15) is 0 Å². The zero-order valence-electron chi connectivity index (χ0n) is 10.8. The maximum absolute atomic E-state index is 13.0. The second-order valence-corrected chi connectivity index (χ2v) is 5.13. The second kappa shape index (κ2) is 5.38. The van der Waals surface area contributed by atoms with Gasteiger partial charge in [-0.05, 0) is 40.2 Å². The number of aromatic nitrogens is 4. The third-order valence-corrected chi connectivity index (χ3v) is 3.66. The SMILES string of the molecule is Nc1nc(-c2ccc(F)cc2)c(Br)n2nc(CCO)nc12. The topological polar surface area (TPSA) is 89.3 Å². The molecule has 0 spiro atoms. The van der Waals surface area contributed by atoms with Gasteiger partial charge >= 0.3 is 0 Å². The summed E-state index contributed by atoms with van der Waals surface area (Å²) in [5, 5.41) is 13.2. The molecule has 8 heteroatoms. The van der Waals surface area contributed by atoms with Crippen molar-refractivity contribution in [3.05, 3.63) is 40.5 Å². The Morgan fingerprint density at radius 2 is 1.95 bits per heavy atom. The monoisotopic (exact) mass is 351 g/mol. The summed E-state index contributed by atoms with van der Waals surface area (Å²) >= 11 is 3.42. The molecule has 0 bridgehead atoms. The zero-order valence-corrected chi connectivity index (χ0v) is 12.4. The van der Waals surface area contributed by atoms with Crippen LogP contribution in [0.25, 0.3) is 16.9 Å². The molecule has 1 aromatic carbocycles. The molecular formula is C13H11BrFN5O. The van der Waals surface area contributed by atoms with E-state index in [0.29, 0.717) is 33.8 Å². The van der Waals surface area contributed by atoms with E-state index in [1.54, 1.807) is 12.1 Å². The van der Waals surface area contributed by atoms with Gasteiger partial charge in [0.25, 0.3) is 0 Å². The number of nitrogens with zero attached hydrogens (tertiary/aromatic N) is 4. The summed E-state index contributed by atoms with van der Waals surface area (Å²) in [6.45, 7) is -0.0490. The van der Waals surface area contributed by atoms with Crippen LogP contribution in [0.4, 0.5) is 10.2 Å². The van der Waals surface area contributed by atoms with Gasteiger partial charge in [0.2, 0.25) is 0 Å². The number of anilines is 1. The van der Waals surface area contributed by atoms with Gasteiger partial charge in [-0.25, -0.2) is 18.9 Å². The Morgan fingerprint density at radius 3 is 2.62 bits per heavy atom. The molecule has 0 aliphatic rings. The Balaban J connectivity index is 2.20. The van der Waals surface area contributed by atoms with Crippen molar-refractivity contribution in [3.63, 3.8) is 0 Å². The standard InChI is InChI=1S/C13H11BrFN5O/c14-11-10(7-1-3-8(15)4-2-7)18-12(16)13-17-9(5-6-21)19-20(11)13/h1-4,21H,5-6H2,(H2,16,18). The molecule has 21 heavy (non-hydrogen) atoms. The summed E-state index contributed by atoms with van der Waals surface area (Å²) in [5.74, 6) is 0.368. The summed E-state index contributed by atoms with van der Waals surface area (Å²) in [4.78, 5) is 8.52. The lowest BCUT2D eigenvalue weighted by Crippen LogP contribution is -2.02. The smallest absolute Gasteiger partial charge is 0.199 e. The fourth-order valence-electron chi connectivity index (χ4n) is 1.97. The average molecular weight is 352 g/mol. The van der Waals surface area contributed by atoms with E-state index in [4.69, 9.17) is 10.8 Å². The first kappa shape index (κ1) is 13.9. The van der Waals surface area contributed by atoms with Crippen LogP contribution in [0.15, 0.2) is 28.9 Å². The number of hydrogen-bond donors (Lipinski definition) is 2. The number of halogens is 2. The van der Waals surface area contributed by atoms with Crippen LogP contribution in [-0.2, 0) is 6.42 Å². The van der Waals surface area contributed by atoms with Crippen molar-refractivity contribution in [1.82, 2.24) is 19.6 Å². The molecule has 3 aromatic rings. The molecule has 6 nitrogen and oxygen atoms in total. The lowest BCUT2D eigenvalue weighted by molar-refractivity contribution is 0.296. The number of nitrogen functional groups attached to an aromatic ring is 1. The normalized spacial score (nSPS) is 11.2. The Kier molecular flexibility index (Phi) is 3.56. The lowest BCUT2D eigenvalue weighted by Gasteiger charge is -2.07. The third kappa shape index (κ3) is 2.47. The van der Waals surface area contributed by atoms with Crippen LogP contribution in [0.3, 0.4) is 0 Å². The van der Waals surface area contributed by atoms with Gasteiger partial charge in [-0.3, -0.25) is 0 Å². The number of aliphatic hydroxyl groups is 1. The van der Waals surface area contributed by atoms with E-state index >= 15 is 0 Å². The minimum Gasteiger partial charge on any atom is -0.396 e. The van der Waals surface area contributed by atoms with E-state index in [1.807, 2.05) is 0 Å². The van der Waals surface area contributed by atoms with E-state index in [0.717, 1.165) is 0 Å². The summed E-state index contributed by atoms with van der Waals surface area (Å²) < 4.78 is 15.1. The summed E-state index contributed by atoms with van der Waals surface area (Å²) in [7, 11) is 0. The first-order valence-electron chi connectivity index (χ1n) is 6.17. The van der Waals surface area contributed by atoms with E-state index in [1.165, 1.54) is 16.6 Å². The molecule has 3 rings (SSSR count). The maximum atomic E-state index is 13.0. The number of aliphatic hydroxyl groups excluding tert-OH is 1. The van der Waals surface area contributed by atoms with Gasteiger partial charge in [0, 0.05) is 12.0 Å². The average Bonchev–Trinajstić information content (AvgIpc) is 2.89. The van der Waals surface area contributed by atoms with E-state index in [9.17, 15) is 4.39 Å². The van der Waals surface area contributed by atoms with Crippen molar-refractivity contribution < 1.29 is 9.50 Å². The van der Waals surface area contributed by atoms with Gasteiger partial charge < -0.3 is 10.8 Å². The highest BCUT2D eigenvalue weighted by atomic mass is 79.9. The van der Waals surface area contributed by atoms with Crippen molar-refractivity contribution >= 4 is 27.4 Å². The molecule has 2 heterocycles. The molecule has 0 radical (unpaired) electrons. The predicted octanol–water partition coefficient (Wildman–Crippen LogP) is 1.81. The van der Waals surface area contributed by atoms with Gasteiger partial charge in [0.05, 0.1) is 6.61 Å². The Bertz CT molecular complexity index is 802. The highest BCUT2D eigenvalue weighted by Crippen LogP contribution is 2.29. The number of fused-ring (bicyclic) bond motifs is 1. The molecule has 0 aliphatic carbocycles. The maximum Gasteiger partial charge on any atom is 0.199 e. The van der Waals surface area contributed by atoms with Crippen molar-refractivity contribution in [3.8, 4) is 11.3 Å². The highest BCUT2D eigenvalue weighted by molar-refractivity contribution is 9.10. The zero-order chi connectivity index (χ0) is 15.0. The quantitative estimate of drug-likeness (QED) is 0.751. The van der Waals surface area contributed by atoms with E-state index in [2.05, 4.69) is 31.0 Å². The van der Waals surface area contributed by atoms with Crippen LogP contribution in [0, 0.1) is 5.82 Å². The molecule has 2 aromatic heterocycles. The molecular weight excluding hydrogens is 341 g/mol. The van der Waals surface area contributed by atoms with Gasteiger partial charge in [-0.1, -0.05) is 0 Å². The molecule has 0 unspecified atom stereocenters. The third-order valence-electron chi connectivity index (χ3n) is 2.95. The molecule has 0 amide bonds. The van der Waals surface area contributed by atoms with Gasteiger partial charge in [0.15, 0.2) is 17.3 Å². The van der Waals surface area contributed by atoms with Crippen LogP contribution in [0.5, 0.6) is 0 Å². The second-order valence-electron chi connectivity index (χ2n) is 4.38. The first-order valence-corrected chi connectivity index (χ1v) is 6.97.